The van der Waals surface area contributed by atoms with Crippen LogP contribution in [0.1, 0.15) is 11.1 Å². The van der Waals surface area contributed by atoms with E-state index in [-0.39, 0.29) is 5.82 Å². The van der Waals surface area contributed by atoms with E-state index in [1.165, 1.54) is 6.07 Å². The summed E-state index contributed by atoms with van der Waals surface area (Å²) < 4.78 is 13.3. The molecule has 0 saturated heterocycles. The summed E-state index contributed by atoms with van der Waals surface area (Å²) in [4.78, 5) is 7.59. The molecule has 0 aliphatic rings. The summed E-state index contributed by atoms with van der Waals surface area (Å²) in [6, 6.07) is 12.2. The molecule has 0 radical (unpaired) electrons. The van der Waals surface area contributed by atoms with Gasteiger partial charge in [-0.15, -0.1) is 0 Å². The highest BCUT2D eigenvalue weighted by Gasteiger charge is 2.07. The number of benzene rings is 2. The van der Waals surface area contributed by atoms with Crippen LogP contribution in [0, 0.1) is 24.1 Å². The molecule has 0 bridgehead atoms. The second kappa shape index (κ2) is 4.21. The van der Waals surface area contributed by atoms with Gasteiger partial charge in [0.25, 0.3) is 0 Å². The van der Waals surface area contributed by atoms with Crippen molar-refractivity contribution in [2.75, 3.05) is 0 Å². The van der Waals surface area contributed by atoms with Crippen LogP contribution in [0.25, 0.3) is 22.4 Å². The number of nitrogens with zero attached hydrogens (tertiary/aromatic N) is 2. The monoisotopic (exact) mass is 251 g/mol. The van der Waals surface area contributed by atoms with E-state index in [0.29, 0.717) is 17.0 Å². The van der Waals surface area contributed by atoms with Gasteiger partial charge in [-0.05, 0) is 48.9 Å². The van der Waals surface area contributed by atoms with Crippen LogP contribution in [0.2, 0.25) is 0 Å². The van der Waals surface area contributed by atoms with Crippen molar-refractivity contribution in [2.24, 2.45) is 0 Å². The summed E-state index contributed by atoms with van der Waals surface area (Å²) in [6.45, 7) is 1.72. The minimum absolute atomic E-state index is 0.230. The molecule has 4 heteroatoms. The first-order chi connectivity index (χ1) is 9.17. The predicted octanol–water partition coefficient (Wildman–Crippen LogP) is 3.55. The molecule has 0 atom stereocenters. The van der Waals surface area contributed by atoms with Crippen LogP contribution in [0.4, 0.5) is 4.39 Å². The normalized spacial score (nSPS) is 10.6. The Morgan fingerprint density at radius 2 is 2.05 bits per heavy atom. The molecule has 0 saturated carbocycles. The van der Waals surface area contributed by atoms with Crippen LogP contribution in [0.3, 0.4) is 0 Å². The molecule has 0 amide bonds. The maximum absolute atomic E-state index is 13.3. The van der Waals surface area contributed by atoms with Crippen LogP contribution in [0.15, 0.2) is 36.4 Å². The molecular weight excluding hydrogens is 241 g/mol. The molecule has 0 aliphatic carbocycles. The summed E-state index contributed by atoms with van der Waals surface area (Å²) in [6.07, 6.45) is 0. The van der Waals surface area contributed by atoms with Gasteiger partial charge in [-0.2, -0.15) is 5.26 Å². The second-order valence-electron chi connectivity index (χ2n) is 4.39. The smallest absolute Gasteiger partial charge is 0.138 e. The van der Waals surface area contributed by atoms with Crippen molar-refractivity contribution in [1.29, 1.82) is 5.26 Å². The van der Waals surface area contributed by atoms with Crippen LogP contribution in [-0.2, 0) is 0 Å². The van der Waals surface area contributed by atoms with Crippen molar-refractivity contribution in [3.63, 3.8) is 0 Å². The van der Waals surface area contributed by atoms with Gasteiger partial charge in [0.15, 0.2) is 0 Å². The molecule has 3 nitrogen and oxygen atoms in total. The molecule has 0 unspecified atom stereocenters. The Morgan fingerprint density at radius 3 is 2.79 bits per heavy atom. The fourth-order valence-electron chi connectivity index (χ4n) is 2.01. The van der Waals surface area contributed by atoms with Gasteiger partial charge in [-0.1, -0.05) is 0 Å². The summed E-state index contributed by atoms with van der Waals surface area (Å²) in [5, 5.41) is 8.86. The number of rotatable bonds is 1. The zero-order valence-corrected chi connectivity index (χ0v) is 10.2. The van der Waals surface area contributed by atoms with Gasteiger partial charge >= 0.3 is 0 Å². The third-order valence-electron chi connectivity index (χ3n) is 3.04. The fourth-order valence-corrected chi connectivity index (χ4v) is 2.01. The van der Waals surface area contributed by atoms with Crippen molar-refractivity contribution in [3.05, 3.63) is 53.3 Å². The maximum atomic E-state index is 13.3. The largest absolute Gasteiger partial charge is 0.338 e. The molecule has 19 heavy (non-hydrogen) atoms. The van der Waals surface area contributed by atoms with Gasteiger partial charge in [0.1, 0.15) is 11.6 Å². The van der Waals surface area contributed by atoms with Crippen molar-refractivity contribution < 1.29 is 4.39 Å². The minimum Gasteiger partial charge on any atom is -0.338 e. The van der Waals surface area contributed by atoms with Crippen molar-refractivity contribution in [3.8, 4) is 17.5 Å². The molecule has 92 valence electrons. The first kappa shape index (κ1) is 11.4. The average molecular weight is 251 g/mol. The quantitative estimate of drug-likeness (QED) is 0.719. The third kappa shape index (κ3) is 1.95. The number of halogens is 1. The number of fused-ring (bicyclic) bond motifs is 1. The van der Waals surface area contributed by atoms with E-state index in [1.54, 1.807) is 37.3 Å². The van der Waals surface area contributed by atoms with Crippen molar-refractivity contribution >= 4 is 11.0 Å². The Morgan fingerprint density at radius 1 is 1.21 bits per heavy atom. The van der Waals surface area contributed by atoms with E-state index >= 15 is 0 Å². The van der Waals surface area contributed by atoms with E-state index in [0.717, 1.165) is 16.6 Å². The van der Waals surface area contributed by atoms with Gasteiger partial charge in [0, 0.05) is 5.56 Å². The van der Waals surface area contributed by atoms with Gasteiger partial charge in [-0.3, -0.25) is 0 Å². The molecular formula is C15H10FN3. The van der Waals surface area contributed by atoms with E-state index in [9.17, 15) is 4.39 Å². The number of nitrogens with one attached hydrogen (secondary N) is 1. The predicted molar refractivity (Wildman–Crippen MR) is 70.9 cm³/mol. The molecule has 2 aromatic carbocycles. The van der Waals surface area contributed by atoms with Crippen LogP contribution in [0.5, 0.6) is 0 Å². The number of hydrogen-bond donors (Lipinski definition) is 1. The molecule has 0 aliphatic heterocycles. The number of aromatic amines is 1. The number of nitriles is 1. The lowest BCUT2D eigenvalue weighted by molar-refractivity contribution is 0.618. The highest BCUT2D eigenvalue weighted by molar-refractivity contribution is 5.80. The number of aromatic nitrogens is 2. The lowest BCUT2D eigenvalue weighted by Crippen LogP contribution is -1.85. The first-order valence-corrected chi connectivity index (χ1v) is 5.84. The molecule has 1 heterocycles. The van der Waals surface area contributed by atoms with Gasteiger partial charge in [0.2, 0.25) is 0 Å². The van der Waals surface area contributed by atoms with Crippen molar-refractivity contribution in [1.82, 2.24) is 9.97 Å². The van der Waals surface area contributed by atoms with E-state index in [4.69, 9.17) is 5.26 Å². The summed E-state index contributed by atoms with van der Waals surface area (Å²) >= 11 is 0. The summed E-state index contributed by atoms with van der Waals surface area (Å²) in [5.41, 5.74) is 3.58. The Bertz CT molecular complexity index is 812. The Labute approximate surface area is 109 Å². The summed E-state index contributed by atoms with van der Waals surface area (Å²) in [7, 11) is 0. The lowest BCUT2D eigenvalue weighted by atomic mass is 10.1. The van der Waals surface area contributed by atoms with E-state index in [1.807, 2.05) is 0 Å². The standard InChI is InChI=1S/C15H10FN3/c1-9-6-11(3-4-12(9)16)15-18-13-5-2-10(8-17)7-14(13)19-15/h2-7H,1H3,(H,18,19). The number of hydrogen-bond acceptors (Lipinski definition) is 2. The highest BCUT2D eigenvalue weighted by atomic mass is 19.1. The van der Waals surface area contributed by atoms with Gasteiger partial charge in [0.05, 0.1) is 22.7 Å². The molecule has 1 aromatic heterocycles. The zero-order chi connectivity index (χ0) is 13.4. The van der Waals surface area contributed by atoms with Crippen molar-refractivity contribution in [2.45, 2.75) is 6.92 Å². The van der Waals surface area contributed by atoms with Crippen LogP contribution >= 0.6 is 0 Å². The fraction of sp³-hybridized carbons (Fsp3) is 0.0667. The SMILES string of the molecule is Cc1cc(-c2nc3ccc(C#N)cc3[nH]2)ccc1F. The van der Waals surface area contributed by atoms with Gasteiger partial charge in [-0.25, -0.2) is 9.37 Å². The van der Waals surface area contributed by atoms with E-state index < -0.39 is 0 Å². The topological polar surface area (TPSA) is 52.5 Å². The molecule has 0 spiro atoms. The number of aryl methyl sites for hydroxylation is 1. The molecule has 1 N–H and O–H groups in total. The second-order valence-corrected chi connectivity index (χ2v) is 4.39. The molecule has 3 rings (SSSR count). The Kier molecular flexibility index (Phi) is 2.53. The highest BCUT2D eigenvalue weighted by Crippen LogP contribution is 2.22. The average Bonchev–Trinajstić information content (AvgIpc) is 2.84. The van der Waals surface area contributed by atoms with Crippen LogP contribution < -0.4 is 0 Å². The van der Waals surface area contributed by atoms with Crippen LogP contribution in [-0.4, -0.2) is 9.97 Å². The molecule has 3 aromatic rings. The lowest BCUT2D eigenvalue weighted by Gasteiger charge is -1.99. The zero-order valence-electron chi connectivity index (χ0n) is 10.2. The third-order valence-corrected chi connectivity index (χ3v) is 3.04. The Hall–Kier alpha value is -2.67. The first-order valence-electron chi connectivity index (χ1n) is 5.84. The van der Waals surface area contributed by atoms with E-state index in [2.05, 4.69) is 16.0 Å². The Balaban J connectivity index is 2.15. The number of H-pyrrole nitrogens is 1. The minimum atomic E-state index is -0.230. The maximum Gasteiger partial charge on any atom is 0.138 e. The van der Waals surface area contributed by atoms with Gasteiger partial charge < -0.3 is 4.98 Å². The summed E-state index contributed by atoms with van der Waals surface area (Å²) in [5.74, 6) is 0.444. The number of imidazole rings is 1. The molecule has 0 fully saturated rings.